The Morgan fingerprint density at radius 3 is 2.63 bits per heavy atom. The zero-order valence-corrected chi connectivity index (χ0v) is 12.4. The van der Waals surface area contributed by atoms with Gasteiger partial charge in [0.05, 0.1) is 16.7 Å². The quantitative estimate of drug-likeness (QED) is 0.650. The molecule has 1 unspecified atom stereocenters. The number of rotatable bonds is 5. The van der Waals surface area contributed by atoms with Crippen LogP contribution >= 0.6 is 11.3 Å². The minimum atomic E-state index is 0.0752. The van der Waals surface area contributed by atoms with Crippen molar-refractivity contribution in [1.82, 2.24) is 15.4 Å². The van der Waals surface area contributed by atoms with Gasteiger partial charge >= 0.3 is 0 Å². The molecular formula is C14H20N4S. The van der Waals surface area contributed by atoms with Gasteiger partial charge in [0.15, 0.2) is 0 Å². The highest BCUT2D eigenvalue weighted by Gasteiger charge is 2.17. The van der Waals surface area contributed by atoms with Crippen LogP contribution in [0.25, 0.3) is 0 Å². The Bertz CT molecular complexity index is 533. The van der Waals surface area contributed by atoms with Gasteiger partial charge in [-0.25, -0.2) is 4.98 Å². The van der Waals surface area contributed by atoms with Gasteiger partial charge in [-0.2, -0.15) is 0 Å². The van der Waals surface area contributed by atoms with Crippen LogP contribution in [-0.2, 0) is 12.8 Å². The topological polar surface area (TPSA) is 63.8 Å². The lowest BCUT2D eigenvalue weighted by Crippen LogP contribution is -2.29. The fourth-order valence-electron chi connectivity index (χ4n) is 2.09. The summed E-state index contributed by atoms with van der Waals surface area (Å²) in [6.07, 6.45) is 3.73. The Balaban J connectivity index is 2.16. The van der Waals surface area contributed by atoms with E-state index >= 15 is 0 Å². The minimum absolute atomic E-state index is 0.0752. The molecule has 0 aliphatic heterocycles. The monoisotopic (exact) mass is 276 g/mol. The smallest absolute Gasteiger partial charge is 0.0900 e. The van der Waals surface area contributed by atoms with Crippen molar-refractivity contribution < 1.29 is 0 Å². The van der Waals surface area contributed by atoms with Gasteiger partial charge in [0, 0.05) is 23.2 Å². The van der Waals surface area contributed by atoms with Crippen molar-refractivity contribution in [3.05, 3.63) is 45.2 Å². The van der Waals surface area contributed by atoms with Crippen LogP contribution in [0, 0.1) is 13.8 Å². The first-order valence-electron chi connectivity index (χ1n) is 6.48. The highest BCUT2D eigenvalue weighted by atomic mass is 32.1. The predicted molar refractivity (Wildman–Crippen MR) is 79.0 cm³/mol. The van der Waals surface area contributed by atoms with Crippen LogP contribution in [0.4, 0.5) is 0 Å². The van der Waals surface area contributed by atoms with Crippen LogP contribution in [0.5, 0.6) is 0 Å². The van der Waals surface area contributed by atoms with Crippen LogP contribution in [-0.4, -0.2) is 9.97 Å². The molecule has 0 aliphatic carbocycles. The standard InChI is InChI=1S/C14H20N4S/c1-4-11-5-6-12(16-8-11)7-13(18-15)14-9(2)17-10(3)19-14/h5-6,8,13,18H,4,7,15H2,1-3H3. The summed E-state index contributed by atoms with van der Waals surface area (Å²) in [4.78, 5) is 10.1. The molecule has 0 aliphatic rings. The average molecular weight is 276 g/mol. The minimum Gasteiger partial charge on any atom is -0.271 e. The molecule has 2 rings (SSSR count). The van der Waals surface area contributed by atoms with E-state index in [2.05, 4.69) is 34.5 Å². The van der Waals surface area contributed by atoms with Crippen LogP contribution in [0.2, 0.25) is 0 Å². The number of aromatic nitrogens is 2. The third-order valence-electron chi connectivity index (χ3n) is 3.16. The molecule has 0 radical (unpaired) electrons. The molecule has 5 heteroatoms. The van der Waals surface area contributed by atoms with Gasteiger partial charge in [-0.1, -0.05) is 13.0 Å². The molecule has 0 saturated heterocycles. The maximum atomic E-state index is 5.69. The molecule has 0 spiro atoms. The molecule has 1 atom stereocenters. The summed E-state index contributed by atoms with van der Waals surface area (Å²) in [5.41, 5.74) is 6.23. The molecule has 0 fully saturated rings. The lowest BCUT2D eigenvalue weighted by atomic mass is 10.1. The van der Waals surface area contributed by atoms with Crippen molar-refractivity contribution in [3.63, 3.8) is 0 Å². The molecule has 3 N–H and O–H groups in total. The molecule has 2 aromatic rings. The maximum absolute atomic E-state index is 5.69. The Morgan fingerprint density at radius 1 is 1.37 bits per heavy atom. The third kappa shape index (κ3) is 3.37. The molecule has 0 aromatic carbocycles. The summed E-state index contributed by atoms with van der Waals surface area (Å²) in [7, 11) is 0. The molecule has 19 heavy (non-hydrogen) atoms. The number of hydrogen-bond acceptors (Lipinski definition) is 5. The van der Waals surface area contributed by atoms with Gasteiger partial charge in [-0.3, -0.25) is 16.3 Å². The molecule has 2 heterocycles. The van der Waals surface area contributed by atoms with E-state index in [0.717, 1.165) is 29.2 Å². The van der Waals surface area contributed by atoms with Crippen LogP contribution in [0.15, 0.2) is 18.3 Å². The van der Waals surface area contributed by atoms with Gasteiger partial charge in [0.1, 0.15) is 0 Å². The Labute approximate surface area is 118 Å². The van der Waals surface area contributed by atoms with Crippen molar-refractivity contribution in [3.8, 4) is 0 Å². The summed E-state index contributed by atoms with van der Waals surface area (Å²) >= 11 is 1.69. The van der Waals surface area contributed by atoms with E-state index in [1.54, 1.807) is 11.3 Å². The van der Waals surface area contributed by atoms with E-state index in [1.807, 2.05) is 20.0 Å². The van der Waals surface area contributed by atoms with Gasteiger partial charge in [0.25, 0.3) is 0 Å². The Hall–Kier alpha value is -1.30. The fraction of sp³-hybridized carbons (Fsp3) is 0.429. The van der Waals surface area contributed by atoms with Gasteiger partial charge in [-0.15, -0.1) is 11.3 Å². The zero-order chi connectivity index (χ0) is 13.8. The number of pyridine rings is 1. The second-order valence-electron chi connectivity index (χ2n) is 4.62. The lowest BCUT2D eigenvalue weighted by molar-refractivity contribution is 0.551. The van der Waals surface area contributed by atoms with Crippen molar-refractivity contribution in [2.24, 2.45) is 5.84 Å². The number of nitrogens with two attached hydrogens (primary N) is 1. The van der Waals surface area contributed by atoms with Gasteiger partial charge < -0.3 is 0 Å². The van der Waals surface area contributed by atoms with Crippen LogP contribution in [0.3, 0.4) is 0 Å². The van der Waals surface area contributed by atoms with E-state index in [-0.39, 0.29) is 6.04 Å². The average Bonchev–Trinajstić information content (AvgIpc) is 2.75. The number of hydrogen-bond donors (Lipinski definition) is 2. The van der Waals surface area contributed by atoms with Gasteiger partial charge in [-0.05, 0) is 31.9 Å². The number of hydrazine groups is 1. The Kier molecular flexibility index (Phi) is 4.63. The number of thiazole rings is 1. The van der Waals surface area contributed by atoms with E-state index in [9.17, 15) is 0 Å². The van der Waals surface area contributed by atoms with Crippen molar-refractivity contribution in [2.45, 2.75) is 39.7 Å². The van der Waals surface area contributed by atoms with Crippen LogP contribution < -0.4 is 11.3 Å². The maximum Gasteiger partial charge on any atom is 0.0900 e. The van der Waals surface area contributed by atoms with E-state index in [0.29, 0.717) is 0 Å². The molecule has 0 saturated carbocycles. The number of nitrogens with zero attached hydrogens (tertiary/aromatic N) is 2. The number of nitrogens with one attached hydrogen (secondary N) is 1. The molecule has 4 nitrogen and oxygen atoms in total. The van der Waals surface area contributed by atoms with E-state index in [1.165, 1.54) is 10.4 Å². The van der Waals surface area contributed by atoms with E-state index < -0.39 is 0 Å². The largest absolute Gasteiger partial charge is 0.271 e. The molecule has 0 amide bonds. The first-order chi connectivity index (χ1) is 9.13. The second kappa shape index (κ2) is 6.23. The first-order valence-corrected chi connectivity index (χ1v) is 7.29. The van der Waals surface area contributed by atoms with Gasteiger partial charge in [0.2, 0.25) is 0 Å². The van der Waals surface area contributed by atoms with Crippen molar-refractivity contribution >= 4 is 11.3 Å². The normalized spacial score (nSPS) is 12.6. The molecule has 0 bridgehead atoms. The summed E-state index contributed by atoms with van der Waals surface area (Å²) < 4.78 is 0. The Morgan fingerprint density at radius 2 is 2.16 bits per heavy atom. The third-order valence-corrected chi connectivity index (χ3v) is 4.35. The van der Waals surface area contributed by atoms with Crippen molar-refractivity contribution in [1.29, 1.82) is 0 Å². The molecular weight excluding hydrogens is 256 g/mol. The van der Waals surface area contributed by atoms with Crippen molar-refractivity contribution in [2.75, 3.05) is 0 Å². The second-order valence-corrected chi connectivity index (χ2v) is 5.85. The summed E-state index contributed by atoms with van der Waals surface area (Å²) in [5, 5.41) is 1.07. The summed E-state index contributed by atoms with van der Waals surface area (Å²) in [6, 6.07) is 4.28. The summed E-state index contributed by atoms with van der Waals surface area (Å²) in [5.74, 6) is 5.69. The number of aryl methyl sites for hydroxylation is 3. The summed E-state index contributed by atoms with van der Waals surface area (Å²) in [6.45, 7) is 6.17. The lowest BCUT2D eigenvalue weighted by Gasteiger charge is -2.14. The predicted octanol–water partition coefficient (Wildman–Crippen LogP) is 2.46. The first kappa shape index (κ1) is 14.1. The fourth-order valence-corrected chi connectivity index (χ4v) is 3.08. The zero-order valence-electron chi connectivity index (χ0n) is 11.6. The molecule has 2 aromatic heterocycles. The van der Waals surface area contributed by atoms with E-state index in [4.69, 9.17) is 5.84 Å². The SMILES string of the molecule is CCc1ccc(CC(NN)c2sc(C)nc2C)nc1. The molecule has 102 valence electrons. The highest BCUT2D eigenvalue weighted by Crippen LogP contribution is 2.26. The highest BCUT2D eigenvalue weighted by molar-refractivity contribution is 7.11. The van der Waals surface area contributed by atoms with Crippen LogP contribution in [0.1, 0.15) is 39.8 Å².